The fraction of sp³-hybridized carbons (Fsp3) is 0.409. The standard InChI is InChI=1S/C22H22F7NO/c1-12-9-16(20(23,21(24,25)26)22(27,28)29)10-13(2)17(12)30-18(31)14-7-6-8-15(11-14)19(3,4)5/h6-11H,1-5H3,(H,30,31). The van der Waals surface area contributed by atoms with Crippen LogP contribution in [-0.2, 0) is 11.1 Å². The summed E-state index contributed by atoms with van der Waals surface area (Å²) in [6.07, 6.45) is -12.4. The maximum absolute atomic E-state index is 14.4. The van der Waals surface area contributed by atoms with Crippen molar-refractivity contribution in [2.45, 2.75) is 58.1 Å². The van der Waals surface area contributed by atoms with Crippen molar-refractivity contribution in [1.82, 2.24) is 0 Å². The molecule has 0 fully saturated rings. The predicted octanol–water partition coefficient (Wildman–Crippen LogP) is 7.14. The van der Waals surface area contributed by atoms with Crippen LogP contribution in [0.25, 0.3) is 0 Å². The van der Waals surface area contributed by atoms with Gasteiger partial charge in [0, 0.05) is 16.8 Å². The highest BCUT2D eigenvalue weighted by Gasteiger charge is 2.73. The maximum Gasteiger partial charge on any atom is 0.435 e. The van der Waals surface area contributed by atoms with Crippen LogP contribution < -0.4 is 5.32 Å². The van der Waals surface area contributed by atoms with Crippen LogP contribution in [0, 0.1) is 13.8 Å². The molecule has 170 valence electrons. The molecule has 2 rings (SSSR count). The topological polar surface area (TPSA) is 29.1 Å². The monoisotopic (exact) mass is 449 g/mol. The number of carbonyl (C=O) groups excluding carboxylic acids is 1. The smallest absolute Gasteiger partial charge is 0.322 e. The molecule has 0 aromatic heterocycles. The Kier molecular flexibility index (Phi) is 6.24. The zero-order chi connectivity index (χ0) is 24.0. The van der Waals surface area contributed by atoms with Crippen molar-refractivity contribution >= 4 is 11.6 Å². The second-order valence-electron chi connectivity index (χ2n) is 8.42. The summed E-state index contributed by atoms with van der Waals surface area (Å²) in [5.41, 5.74) is -6.49. The molecule has 2 nitrogen and oxygen atoms in total. The van der Waals surface area contributed by atoms with E-state index in [9.17, 15) is 35.5 Å². The van der Waals surface area contributed by atoms with E-state index in [1.807, 2.05) is 26.8 Å². The lowest BCUT2D eigenvalue weighted by molar-refractivity contribution is -0.348. The van der Waals surface area contributed by atoms with Crippen molar-refractivity contribution < 1.29 is 35.5 Å². The zero-order valence-corrected chi connectivity index (χ0v) is 17.5. The molecular formula is C22H22F7NO. The molecule has 0 aliphatic rings. The Bertz CT molecular complexity index is 948. The Morgan fingerprint density at radius 1 is 0.774 bits per heavy atom. The number of alkyl halides is 7. The molecule has 1 N–H and O–H groups in total. The highest BCUT2D eigenvalue weighted by molar-refractivity contribution is 6.05. The minimum Gasteiger partial charge on any atom is -0.322 e. The molecule has 9 heteroatoms. The predicted molar refractivity (Wildman–Crippen MR) is 104 cm³/mol. The molecule has 31 heavy (non-hydrogen) atoms. The highest BCUT2D eigenvalue weighted by Crippen LogP contribution is 2.53. The van der Waals surface area contributed by atoms with Crippen LogP contribution in [0.2, 0.25) is 0 Å². The molecule has 2 aromatic rings. The maximum atomic E-state index is 14.4. The van der Waals surface area contributed by atoms with E-state index in [1.54, 1.807) is 12.1 Å². The van der Waals surface area contributed by atoms with Gasteiger partial charge in [0.2, 0.25) is 0 Å². The summed E-state index contributed by atoms with van der Waals surface area (Å²) in [6.45, 7) is 8.24. The average Bonchev–Trinajstić information content (AvgIpc) is 2.61. The van der Waals surface area contributed by atoms with Gasteiger partial charge in [0.05, 0.1) is 0 Å². The lowest BCUT2D eigenvalue weighted by atomic mass is 9.86. The van der Waals surface area contributed by atoms with E-state index in [4.69, 9.17) is 0 Å². The van der Waals surface area contributed by atoms with Crippen molar-refractivity contribution in [3.05, 3.63) is 64.2 Å². The van der Waals surface area contributed by atoms with Crippen molar-refractivity contribution in [1.29, 1.82) is 0 Å². The molecule has 0 saturated carbocycles. The molecule has 0 heterocycles. The first-order chi connectivity index (χ1) is 13.9. The second kappa shape index (κ2) is 7.84. The molecule has 0 spiro atoms. The summed E-state index contributed by atoms with van der Waals surface area (Å²) in [6, 6.07) is 7.59. The Morgan fingerprint density at radius 2 is 1.26 bits per heavy atom. The molecule has 0 unspecified atom stereocenters. The van der Waals surface area contributed by atoms with Crippen molar-refractivity contribution in [3.63, 3.8) is 0 Å². The molecular weight excluding hydrogens is 427 g/mol. The van der Waals surface area contributed by atoms with Gasteiger partial charge in [-0.15, -0.1) is 0 Å². The van der Waals surface area contributed by atoms with Crippen molar-refractivity contribution in [3.8, 4) is 0 Å². The minimum atomic E-state index is -6.21. The summed E-state index contributed by atoms with van der Waals surface area (Å²) < 4.78 is 92.7. The van der Waals surface area contributed by atoms with E-state index in [0.29, 0.717) is 12.1 Å². The normalized spacial score (nSPS) is 13.3. The fourth-order valence-corrected chi connectivity index (χ4v) is 3.16. The molecule has 0 bridgehead atoms. The number of hydrogen-bond donors (Lipinski definition) is 1. The third-order valence-corrected chi connectivity index (χ3v) is 4.94. The van der Waals surface area contributed by atoms with Gasteiger partial charge in [-0.1, -0.05) is 45.0 Å². The van der Waals surface area contributed by atoms with Crippen LogP contribution >= 0.6 is 0 Å². The largest absolute Gasteiger partial charge is 0.435 e. The van der Waals surface area contributed by atoms with E-state index in [1.165, 1.54) is 19.9 Å². The molecule has 0 radical (unpaired) electrons. The Balaban J connectivity index is 2.47. The highest BCUT2D eigenvalue weighted by atomic mass is 19.4. The van der Waals surface area contributed by atoms with E-state index in [0.717, 1.165) is 5.56 Å². The summed E-state index contributed by atoms with van der Waals surface area (Å²) in [5, 5.41) is 2.51. The van der Waals surface area contributed by atoms with Crippen LogP contribution in [0.15, 0.2) is 36.4 Å². The second-order valence-corrected chi connectivity index (χ2v) is 8.42. The van der Waals surface area contributed by atoms with Gasteiger partial charge < -0.3 is 5.32 Å². The molecule has 0 aliphatic heterocycles. The van der Waals surface area contributed by atoms with Crippen LogP contribution in [0.1, 0.15) is 53.4 Å². The quantitative estimate of drug-likeness (QED) is 0.496. The number of hydrogen-bond acceptors (Lipinski definition) is 1. The van der Waals surface area contributed by atoms with Gasteiger partial charge in [0.1, 0.15) is 0 Å². The minimum absolute atomic E-state index is 0.0154. The summed E-state index contributed by atoms with van der Waals surface area (Å²) in [5.74, 6) is -0.594. The first-order valence-corrected chi connectivity index (χ1v) is 9.25. The number of amides is 1. The van der Waals surface area contributed by atoms with Gasteiger partial charge in [-0.25, -0.2) is 4.39 Å². The Labute approximate surface area is 175 Å². The van der Waals surface area contributed by atoms with Gasteiger partial charge in [0.25, 0.3) is 5.91 Å². The first-order valence-electron chi connectivity index (χ1n) is 9.25. The number of rotatable bonds is 3. The van der Waals surface area contributed by atoms with Crippen LogP contribution in [-0.4, -0.2) is 18.3 Å². The zero-order valence-electron chi connectivity index (χ0n) is 17.5. The van der Waals surface area contributed by atoms with Crippen LogP contribution in [0.4, 0.5) is 36.4 Å². The third kappa shape index (κ3) is 4.70. The summed E-state index contributed by atoms with van der Waals surface area (Å²) in [7, 11) is 0. The number of carbonyl (C=O) groups is 1. The number of nitrogens with one attached hydrogen (secondary N) is 1. The number of benzene rings is 2. The van der Waals surface area contributed by atoms with Gasteiger partial charge in [-0.05, 0) is 48.1 Å². The molecule has 2 aromatic carbocycles. The van der Waals surface area contributed by atoms with E-state index < -0.39 is 29.5 Å². The lowest BCUT2D eigenvalue weighted by Gasteiger charge is -2.31. The van der Waals surface area contributed by atoms with E-state index in [2.05, 4.69) is 5.32 Å². The van der Waals surface area contributed by atoms with E-state index >= 15 is 0 Å². The van der Waals surface area contributed by atoms with Crippen molar-refractivity contribution in [2.24, 2.45) is 0 Å². The summed E-state index contributed by atoms with van der Waals surface area (Å²) >= 11 is 0. The molecule has 0 saturated heterocycles. The number of halogens is 7. The SMILES string of the molecule is Cc1cc(C(F)(C(F)(F)F)C(F)(F)F)cc(C)c1NC(=O)c1cccc(C(C)(C)C)c1. The van der Waals surface area contributed by atoms with Crippen LogP contribution in [0.3, 0.4) is 0 Å². The van der Waals surface area contributed by atoms with Gasteiger partial charge in [0.15, 0.2) is 0 Å². The molecule has 0 atom stereocenters. The Hall–Kier alpha value is -2.58. The molecule has 0 aliphatic carbocycles. The summed E-state index contributed by atoms with van der Waals surface area (Å²) in [4.78, 5) is 12.7. The fourth-order valence-electron chi connectivity index (χ4n) is 3.16. The first kappa shape index (κ1) is 24.7. The third-order valence-electron chi connectivity index (χ3n) is 4.94. The number of anilines is 1. The Morgan fingerprint density at radius 3 is 1.68 bits per heavy atom. The van der Waals surface area contributed by atoms with Crippen LogP contribution in [0.5, 0.6) is 0 Å². The lowest BCUT2D eigenvalue weighted by Crippen LogP contribution is -2.50. The van der Waals surface area contributed by atoms with Gasteiger partial charge >= 0.3 is 18.0 Å². The van der Waals surface area contributed by atoms with E-state index in [-0.39, 0.29) is 27.8 Å². The number of aryl methyl sites for hydroxylation is 2. The average molecular weight is 449 g/mol. The van der Waals surface area contributed by atoms with Crippen molar-refractivity contribution in [2.75, 3.05) is 5.32 Å². The van der Waals surface area contributed by atoms with Gasteiger partial charge in [-0.3, -0.25) is 4.79 Å². The van der Waals surface area contributed by atoms with Gasteiger partial charge in [-0.2, -0.15) is 26.3 Å². The molecule has 1 amide bonds.